The van der Waals surface area contributed by atoms with Crippen LogP contribution >= 0.6 is 0 Å². The molecule has 2 fully saturated rings. The van der Waals surface area contributed by atoms with Crippen molar-refractivity contribution in [1.29, 1.82) is 0 Å². The number of hydrogen-bond acceptors (Lipinski definition) is 6. The summed E-state index contributed by atoms with van der Waals surface area (Å²) >= 11 is 0. The third-order valence-electron chi connectivity index (χ3n) is 5.42. The van der Waals surface area contributed by atoms with Crippen molar-refractivity contribution < 1.29 is 30.0 Å². The van der Waals surface area contributed by atoms with E-state index in [1.165, 1.54) is 11.9 Å². The summed E-state index contributed by atoms with van der Waals surface area (Å²) in [6.07, 6.45) is -1.52. The van der Waals surface area contributed by atoms with Gasteiger partial charge in [0.1, 0.15) is 12.2 Å². The van der Waals surface area contributed by atoms with Crippen LogP contribution in [0.25, 0.3) is 10.9 Å². The number of fused-ring (bicyclic) bond motifs is 1. The number of benzene rings is 1. The molecule has 25 heavy (non-hydrogen) atoms. The van der Waals surface area contributed by atoms with Crippen LogP contribution in [0, 0.1) is 0 Å². The Kier molecular flexibility index (Phi) is 3.47. The Balaban J connectivity index is 1.88. The number of H-pyrrole nitrogens is 1. The van der Waals surface area contributed by atoms with Gasteiger partial charge in [0.05, 0.1) is 6.61 Å². The highest BCUT2D eigenvalue weighted by atomic mass is 16.7. The number of likely N-dealkylation sites (tertiary alicyclic amines) is 1. The minimum absolute atomic E-state index is 0.131. The molecule has 4 rings (SSSR count). The van der Waals surface area contributed by atoms with Crippen LogP contribution in [0.15, 0.2) is 30.5 Å². The summed E-state index contributed by atoms with van der Waals surface area (Å²) in [5.41, 5.74) is -0.980. The second-order valence-corrected chi connectivity index (χ2v) is 6.81. The molecular weight excluding hydrogens is 328 g/mol. The molecular formula is C17H20N2O6. The number of hydrogen-bond donors (Lipinski definition) is 5. The average molecular weight is 348 g/mol. The highest BCUT2D eigenvalue weighted by Gasteiger charge is 2.71. The largest absolute Gasteiger partial charge is 0.388 e. The average Bonchev–Trinajstić information content (AvgIpc) is 3.22. The van der Waals surface area contributed by atoms with Gasteiger partial charge in [0.15, 0.2) is 0 Å². The van der Waals surface area contributed by atoms with E-state index < -0.39 is 35.4 Å². The third-order valence-corrected chi connectivity index (χ3v) is 5.42. The van der Waals surface area contributed by atoms with Gasteiger partial charge < -0.3 is 35.0 Å². The summed E-state index contributed by atoms with van der Waals surface area (Å²) in [5.74, 6) is -4.22. The fraction of sp³-hybridized carbons (Fsp3) is 0.471. The Morgan fingerprint density at radius 3 is 2.68 bits per heavy atom. The van der Waals surface area contributed by atoms with Gasteiger partial charge in [-0.3, -0.25) is 4.79 Å². The van der Waals surface area contributed by atoms with Gasteiger partial charge in [-0.15, -0.1) is 0 Å². The molecule has 5 atom stereocenters. The molecule has 2 aliphatic heterocycles. The number of amides is 1. The summed E-state index contributed by atoms with van der Waals surface area (Å²) in [5, 5.41) is 43.0. The lowest BCUT2D eigenvalue weighted by atomic mass is 9.76. The van der Waals surface area contributed by atoms with Gasteiger partial charge in [-0.05, 0) is 11.6 Å². The first-order chi connectivity index (χ1) is 11.8. The summed E-state index contributed by atoms with van der Waals surface area (Å²) in [4.78, 5) is 17.1. The quantitative estimate of drug-likeness (QED) is 0.469. The van der Waals surface area contributed by atoms with E-state index in [-0.39, 0.29) is 13.2 Å². The fourth-order valence-electron chi connectivity index (χ4n) is 4.02. The Bertz CT molecular complexity index is 837. The highest BCUT2D eigenvalue weighted by molar-refractivity contribution is 5.93. The molecule has 134 valence electrons. The first-order valence-corrected chi connectivity index (χ1v) is 8.07. The summed E-state index contributed by atoms with van der Waals surface area (Å²) in [7, 11) is 1.50. The molecule has 0 spiro atoms. The monoisotopic (exact) mass is 348 g/mol. The van der Waals surface area contributed by atoms with Crippen LogP contribution in [0.1, 0.15) is 11.5 Å². The lowest BCUT2D eigenvalue weighted by Gasteiger charge is -2.40. The van der Waals surface area contributed by atoms with Gasteiger partial charge in [0, 0.05) is 36.6 Å². The van der Waals surface area contributed by atoms with E-state index in [1.54, 1.807) is 6.20 Å². The minimum Gasteiger partial charge on any atom is -0.388 e. The number of nitrogens with zero attached hydrogens (tertiary/aromatic N) is 1. The van der Waals surface area contributed by atoms with E-state index >= 15 is 0 Å². The van der Waals surface area contributed by atoms with Crippen LogP contribution in [0.3, 0.4) is 0 Å². The Morgan fingerprint density at radius 2 is 2.00 bits per heavy atom. The van der Waals surface area contributed by atoms with E-state index in [4.69, 9.17) is 4.74 Å². The normalized spacial score (nSPS) is 38.8. The summed E-state index contributed by atoms with van der Waals surface area (Å²) < 4.78 is 5.16. The van der Waals surface area contributed by atoms with Crippen LogP contribution in [0.2, 0.25) is 0 Å². The van der Waals surface area contributed by atoms with Gasteiger partial charge in [0.25, 0.3) is 5.91 Å². The molecule has 8 heteroatoms. The summed E-state index contributed by atoms with van der Waals surface area (Å²) in [6, 6.07) is 7.39. The first kappa shape index (κ1) is 16.5. The van der Waals surface area contributed by atoms with E-state index in [2.05, 4.69) is 4.98 Å². The van der Waals surface area contributed by atoms with Crippen molar-refractivity contribution >= 4 is 16.8 Å². The molecule has 2 aliphatic rings. The van der Waals surface area contributed by atoms with Gasteiger partial charge in [-0.1, -0.05) is 18.2 Å². The molecule has 3 heterocycles. The van der Waals surface area contributed by atoms with Crippen LogP contribution in [-0.2, 0) is 9.53 Å². The van der Waals surface area contributed by atoms with Crippen molar-refractivity contribution in [2.45, 2.75) is 29.5 Å². The number of aromatic amines is 1. The zero-order chi connectivity index (χ0) is 18.0. The molecule has 5 N–H and O–H groups in total. The van der Waals surface area contributed by atoms with Crippen LogP contribution < -0.4 is 0 Å². The first-order valence-electron chi connectivity index (χ1n) is 8.07. The Labute approximate surface area is 143 Å². The zero-order valence-electron chi connectivity index (χ0n) is 13.6. The van der Waals surface area contributed by atoms with E-state index in [9.17, 15) is 25.2 Å². The molecule has 1 amide bonds. The molecule has 2 aromatic rings. The minimum atomic E-state index is -2.60. The SMILES string of the molecule is CN1C[C@@H](c2c[nH]c3ccccc23)[C@](O)([C@@]2(O)OC[C@H](O)[C@H]2O)C1=O. The number of carbonyl (C=O) groups excluding carboxylic acids is 1. The molecule has 2 saturated heterocycles. The molecule has 1 aromatic carbocycles. The van der Waals surface area contributed by atoms with E-state index in [0.717, 1.165) is 10.9 Å². The number of likely N-dealkylation sites (N-methyl/N-ethyl adjacent to an activating group) is 1. The molecule has 1 aromatic heterocycles. The number of rotatable bonds is 2. The lowest BCUT2D eigenvalue weighted by Crippen LogP contribution is -2.66. The van der Waals surface area contributed by atoms with Gasteiger partial charge in [0.2, 0.25) is 11.4 Å². The maximum Gasteiger partial charge on any atom is 0.260 e. The Hall–Kier alpha value is -1.97. The molecule has 0 aliphatic carbocycles. The number of aromatic nitrogens is 1. The number of ether oxygens (including phenoxy) is 1. The number of aliphatic hydroxyl groups is 4. The van der Waals surface area contributed by atoms with Crippen molar-refractivity contribution in [3.8, 4) is 0 Å². The maximum atomic E-state index is 12.7. The lowest BCUT2D eigenvalue weighted by molar-refractivity contribution is -0.299. The van der Waals surface area contributed by atoms with Crippen molar-refractivity contribution in [1.82, 2.24) is 9.88 Å². The van der Waals surface area contributed by atoms with Crippen molar-refractivity contribution in [2.24, 2.45) is 0 Å². The van der Waals surface area contributed by atoms with Gasteiger partial charge in [-0.25, -0.2) is 0 Å². The van der Waals surface area contributed by atoms with Crippen molar-refractivity contribution in [3.05, 3.63) is 36.0 Å². The topological polar surface area (TPSA) is 126 Å². The van der Waals surface area contributed by atoms with E-state index in [0.29, 0.717) is 5.56 Å². The van der Waals surface area contributed by atoms with Crippen LogP contribution in [0.4, 0.5) is 0 Å². The fourth-order valence-corrected chi connectivity index (χ4v) is 4.02. The molecule has 0 radical (unpaired) electrons. The zero-order valence-corrected chi connectivity index (χ0v) is 13.6. The van der Waals surface area contributed by atoms with Gasteiger partial charge in [-0.2, -0.15) is 0 Å². The molecule has 0 saturated carbocycles. The van der Waals surface area contributed by atoms with Crippen LogP contribution in [-0.4, -0.2) is 80.0 Å². The number of para-hydroxylation sites is 1. The summed E-state index contributed by atoms with van der Waals surface area (Å²) in [6.45, 7) is -0.247. The second kappa shape index (κ2) is 5.26. The second-order valence-electron chi connectivity index (χ2n) is 6.81. The highest BCUT2D eigenvalue weighted by Crippen LogP contribution is 2.49. The molecule has 0 bridgehead atoms. The molecule has 0 unspecified atom stereocenters. The van der Waals surface area contributed by atoms with Crippen molar-refractivity contribution in [3.63, 3.8) is 0 Å². The van der Waals surface area contributed by atoms with E-state index in [1.807, 2.05) is 24.3 Å². The third kappa shape index (κ3) is 1.97. The number of aliphatic hydroxyl groups excluding tert-OH is 2. The predicted octanol–water partition coefficient (Wildman–Crippen LogP) is -1.10. The smallest absolute Gasteiger partial charge is 0.260 e. The Morgan fingerprint density at radius 1 is 1.28 bits per heavy atom. The number of nitrogens with one attached hydrogen (secondary N) is 1. The van der Waals surface area contributed by atoms with Crippen LogP contribution in [0.5, 0.6) is 0 Å². The predicted molar refractivity (Wildman–Crippen MR) is 86.5 cm³/mol. The molecule has 8 nitrogen and oxygen atoms in total. The maximum absolute atomic E-state index is 12.7. The standard InChI is InChI=1S/C17H20N2O6/c1-19-7-11(10-6-18-12-5-3-2-4-9(10)12)16(23,15(19)22)17(24)14(21)13(20)8-25-17/h2-6,11,13-14,18,20-21,23-24H,7-8H2,1H3/t11-,13-,14+,16+,17-/m0/s1. The van der Waals surface area contributed by atoms with Gasteiger partial charge >= 0.3 is 0 Å². The van der Waals surface area contributed by atoms with Crippen molar-refractivity contribution in [2.75, 3.05) is 20.2 Å². The number of carbonyl (C=O) groups is 1.